The van der Waals surface area contributed by atoms with Crippen LogP contribution in [0.25, 0.3) is 10.8 Å². The van der Waals surface area contributed by atoms with Crippen LogP contribution in [0.3, 0.4) is 0 Å². The molecule has 1 aliphatic carbocycles. The topological polar surface area (TPSA) is 64.9 Å². The minimum absolute atomic E-state index is 0.380. The third-order valence-electron chi connectivity index (χ3n) is 4.33. The molecule has 0 aliphatic heterocycles. The minimum atomic E-state index is -0.380. The van der Waals surface area contributed by atoms with Crippen molar-refractivity contribution in [3.8, 4) is 0 Å². The summed E-state index contributed by atoms with van der Waals surface area (Å²) in [6.07, 6.45) is 2.99. The third-order valence-corrected chi connectivity index (χ3v) is 5.68. The maximum atomic E-state index is 6.35. The van der Waals surface area contributed by atoms with Gasteiger partial charge in [0.2, 0.25) is 5.89 Å². The third kappa shape index (κ3) is 2.73. The Hall–Kier alpha value is -1.56. The van der Waals surface area contributed by atoms with Crippen LogP contribution in [-0.2, 0) is 11.3 Å². The second kappa shape index (κ2) is 5.82. The van der Waals surface area contributed by atoms with E-state index >= 15 is 0 Å². The van der Waals surface area contributed by atoms with Crippen LogP contribution in [0.1, 0.15) is 31.0 Å². The van der Waals surface area contributed by atoms with Crippen molar-refractivity contribution in [2.45, 2.75) is 35.4 Å². The summed E-state index contributed by atoms with van der Waals surface area (Å²) in [4.78, 5) is 5.58. The molecule has 1 aromatic heterocycles. The van der Waals surface area contributed by atoms with E-state index < -0.39 is 0 Å². The van der Waals surface area contributed by atoms with E-state index in [-0.39, 0.29) is 5.54 Å². The molecule has 0 unspecified atom stereocenters. The number of nitrogens with zero attached hydrogens (tertiary/aromatic N) is 2. The van der Waals surface area contributed by atoms with Gasteiger partial charge < -0.3 is 10.3 Å². The van der Waals surface area contributed by atoms with Crippen molar-refractivity contribution < 1.29 is 4.52 Å². The van der Waals surface area contributed by atoms with Gasteiger partial charge in [-0.25, -0.2) is 0 Å². The number of hydrogen-bond donors (Lipinski definition) is 1. The second-order valence-electron chi connectivity index (χ2n) is 5.90. The zero-order valence-corrected chi connectivity index (χ0v) is 14.0. The maximum Gasteiger partial charge on any atom is 0.237 e. The summed E-state index contributed by atoms with van der Waals surface area (Å²) in [6.45, 7) is 0. The van der Waals surface area contributed by atoms with Gasteiger partial charge in [0.25, 0.3) is 0 Å². The summed E-state index contributed by atoms with van der Waals surface area (Å²) < 4.78 is 5.36. The van der Waals surface area contributed by atoms with Crippen molar-refractivity contribution in [3.63, 3.8) is 0 Å². The number of thioether (sulfide) groups is 1. The summed E-state index contributed by atoms with van der Waals surface area (Å²) in [5.41, 5.74) is 5.85. The number of rotatable bonds is 4. The van der Waals surface area contributed by atoms with E-state index in [0.29, 0.717) is 17.5 Å². The maximum absolute atomic E-state index is 6.35. The molecular formula is C17H16ClN3OS. The second-order valence-corrected chi connectivity index (χ2v) is 7.33. The molecule has 0 radical (unpaired) electrons. The molecule has 0 saturated heterocycles. The van der Waals surface area contributed by atoms with E-state index in [0.717, 1.165) is 40.0 Å². The Morgan fingerprint density at radius 2 is 2.00 bits per heavy atom. The van der Waals surface area contributed by atoms with Crippen LogP contribution in [0, 0.1) is 0 Å². The molecule has 0 atom stereocenters. The highest BCUT2D eigenvalue weighted by atomic mass is 35.5. The van der Waals surface area contributed by atoms with Gasteiger partial charge in [-0.3, -0.25) is 0 Å². The van der Waals surface area contributed by atoms with Crippen molar-refractivity contribution in [1.29, 1.82) is 0 Å². The normalized spacial score (nSPS) is 16.4. The van der Waals surface area contributed by atoms with Gasteiger partial charge in [0.1, 0.15) is 0 Å². The Morgan fingerprint density at radius 1 is 1.22 bits per heavy atom. The van der Waals surface area contributed by atoms with Gasteiger partial charge in [-0.2, -0.15) is 4.98 Å². The van der Waals surface area contributed by atoms with E-state index in [9.17, 15) is 0 Å². The number of nitrogens with two attached hydrogens (primary N) is 1. The van der Waals surface area contributed by atoms with E-state index in [2.05, 4.69) is 28.3 Å². The lowest BCUT2D eigenvalue weighted by atomic mass is 9.77. The van der Waals surface area contributed by atoms with Crippen molar-refractivity contribution in [2.75, 3.05) is 0 Å². The fourth-order valence-corrected chi connectivity index (χ4v) is 4.10. The van der Waals surface area contributed by atoms with Gasteiger partial charge in [0.05, 0.1) is 11.3 Å². The van der Waals surface area contributed by atoms with Crippen molar-refractivity contribution in [3.05, 3.63) is 53.1 Å². The molecule has 2 N–H and O–H groups in total. The lowest BCUT2D eigenvalue weighted by molar-refractivity contribution is 0.229. The van der Waals surface area contributed by atoms with Crippen LogP contribution in [0.4, 0.5) is 0 Å². The summed E-state index contributed by atoms with van der Waals surface area (Å²) >= 11 is 8.00. The molecule has 1 heterocycles. The molecular weight excluding hydrogens is 330 g/mol. The van der Waals surface area contributed by atoms with E-state index in [4.69, 9.17) is 21.9 Å². The van der Waals surface area contributed by atoms with Crippen LogP contribution < -0.4 is 5.73 Å². The highest BCUT2D eigenvalue weighted by Crippen LogP contribution is 2.38. The van der Waals surface area contributed by atoms with Crippen molar-refractivity contribution in [1.82, 2.24) is 10.1 Å². The molecule has 1 saturated carbocycles. The quantitative estimate of drug-likeness (QED) is 0.705. The highest BCUT2D eigenvalue weighted by molar-refractivity contribution is 7.98. The minimum Gasteiger partial charge on any atom is -0.338 e. The highest BCUT2D eigenvalue weighted by Gasteiger charge is 2.38. The van der Waals surface area contributed by atoms with Crippen LogP contribution in [0.15, 0.2) is 45.8 Å². The SMILES string of the molecule is NC1(c2noc(CSc3cccc4cccc(Cl)c34)n2)CCC1. The standard InChI is InChI=1S/C17H16ClN3OS/c18-12-6-1-4-11-5-2-7-13(15(11)12)23-10-14-20-16(21-22-14)17(19)8-3-9-17/h1-2,4-7H,3,8-10,19H2. The zero-order valence-electron chi connectivity index (χ0n) is 12.5. The number of fused-ring (bicyclic) bond motifs is 1. The van der Waals surface area contributed by atoms with Crippen molar-refractivity contribution in [2.24, 2.45) is 5.73 Å². The molecule has 4 nitrogen and oxygen atoms in total. The van der Waals surface area contributed by atoms with Gasteiger partial charge in [-0.15, -0.1) is 11.8 Å². The smallest absolute Gasteiger partial charge is 0.237 e. The lowest BCUT2D eigenvalue weighted by Crippen LogP contribution is -2.44. The molecule has 23 heavy (non-hydrogen) atoms. The molecule has 0 bridgehead atoms. The first-order chi connectivity index (χ1) is 11.2. The molecule has 0 spiro atoms. The Morgan fingerprint density at radius 3 is 2.74 bits per heavy atom. The number of hydrogen-bond acceptors (Lipinski definition) is 5. The monoisotopic (exact) mass is 345 g/mol. The van der Waals surface area contributed by atoms with Crippen LogP contribution in [-0.4, -0.2) is 10.1 Å². The summed E-state index contributed by atoms with van der Waals surface area (Å²) in [5.74, 6) is 1.84. The molecule has 118 valence electrons. The number of aromatic nitrogens is 2. The molecule has 1 aliphatic rings. The summed E-state index contributed by atoms with van der Waals surface area (Å²) in [5, 5.41) is 7.00. The molecule has 2 aromatic carbocycles. The molecule has 3 aromatic rings. The van der Waals surface area contributed by atoms with E-state index in [1.54, 1.807) is 11.8 Å². The van der Waals surface area contributed by atoms with E-state index in [1.165, 1.54) is 0 Å². The first kappa shape index (κ1) is 15.0. The average molecular weight is 346 g/mol. The predicted molar refractivity (Wildman–Crippen MR) is 92.5 cm³/mol. The fourth-order valence-electron chi connectivity index (χ4n) is 2.82. The predicted octanol–water partition coefficient (Wildman–Crippen LogP) is 4.51. The Kier molecular flexibility index (Phi) is 3.79. The summed E-state index contributed by atoms with van der Waals surface area (Å²) in [7, 11) is 0. The Labute approximate surface area is 143 Å². The molecule has 4 rings (SSSR count). The first-order valence-electron chi connectivity index (χ1n) is 7.58. The molecule has 0 amide bonds. The van der Waals surface area contributed by atoms with Gasteiger partial charge >= 0.3 is 0 Å². The van der Waals surface area contributed by atoms with Crippen molar-refractivity contribution >= 4 is 34.1 Å². The molecule has 6 heteroatoms. The van der Waals surface area contributed by atoms with Gasteiger partial charge in [-0.05, 0) is 36.8 Å². The number of halogens is 1. The first-order valence-corrected chi connectivity index (χ1v) is 8.94. The number of benzene rings is 2. The summed E-state index contributed by atoms with van der Waals surface area (Å²) in [6, 6.07) is 12.1. The zero-order chi connectivity index (χ0) is 15.9. The Balaban J connectivity index is 1.56. The van der Waals surface area contributed by atoms with Gasteiger partial charge in [0.15, 0.2) is 5.82 Å². The van der Waals surface area contributed by atoms with Crippen LogP contribution in [0.2, 0.25) is 5.02 Å². The van der Waals surface area contributed by atoms with Crippen LogP contribution in [0.5, 0.6) is 0 Å². The van der Waals surface area contributed by atoms with Gasteiger partial charge in [-0.1, -0.05) is 41.0 Å². The van der Waals surface area contributed by atoms with Crippen LogP contribution >= 0.6 is 23.4 Å². The fraction of sp³-hybridized carbons (Fsp3) is 0.294. The largest absolute Gasteiger partial charge is 0.338 e. The average Bonchev–Trinajstić information content (AvgIpc) is 3.00. The molecule has 1 fully saturated rings. The van der Waals surface area contributed by atoms with Gasteiger partial charge in [0, 0.05) is 15.3 Å². The van der Waals surface area contributed by atoms with E-state index in [1.807, 2.05) is 18.2 Å². The lowest BCUT2D eigenvalue weighted by Gasteiger charge is -2.34. The Bertz CT molecular complexity index is 855.